The van der Waals surface area contributed by atoms with Crippen LogP contribution < -0.4 is 15.4 Å². The predicted octanol–water partition coefficient (Wildman–Crippen LogP) is 3.88. The van der Waals surface area contributed by atoms with Gasteiger partial charge in [0, 0.05) is 27.8 Å². The maximum absolute atomic E-state index is 12.2. The number of guanidine groups is 1. The Bertz CT molecular complexity index is 607. The summed E-state index contributed by atoms with van der Waals surface area (Å²) >= 11 is 0. The second-order valence-corrected chi connectivity index (χ2v) is 10.4. The van der Waals surface area contributed by atoms with Crippen molar-refractivity contribution in [2.45, 2.75) is 59.3 Å². The maximum atomic E-state index is 12.2. The van der Waals surface area contributed by atoms with Gasteiger partial charge < -0.3 is 15.4 Å². The Balaban J connectivity index is 2.65. The van der Waals surface area contributed by atoms with Gasteiger partial charge in [0.25, 0.3) is 0 Å². The van der Waals surface area contributed by atoms with E-state index in [9.17, 15) is 4.21 Å². The summed E-state index contributed by atoms with van der Waals surface area (Å²) in [5.41, 5.74) is 1.16. The lowest BCUT2D eigenvalue weighted by atomic mass is 10.1. The van der Waals surface area contributed by atoms with Crippen LogP contribution >= 0.6 is 0 Å². The molecule has 0 saturated carbocycles. The molecule has 0 fully saturated rings. The van der Waals surface area contributed by atoms with Crippen molar-refractivity contribution in [1.29, 1.82) is 0 Å². The topological polar surface area (TPSA) is 62.7 Å². The van der Waals surface area contributed by atoms with Gasteiger partial charge in [-0.05, 0) is 58.2 Å². The molecule has 1 aromatic rings. The minimum Gasteiger partial charge on any atom is -0.493 e. The molecule has 0 amide bonds. The number of rotatable bonds is 9. The van der Waals surface area contributed by atoms with Gasteiger partial charge in [-0.3, -0.25) is 9.20 Å². The first kappa shape index (κ1) is 23.5. The third-order valence-electron chi connectivity index (χ3n) is 3.89. The van der Waals surface area contributed by atoms with Crippen LogP contribution in [0.1, 0.15) is 60.1 Å². The number of nitrogens with one attached hydrogen (secondary N) is 2. The van der Waals surface area contributed by atoms with Crippen LogP contribution in [0.2, 0.25) is 0 Å². The summed E-state index contributed by atoms with van der Waals surface area (Å²) in [4.78, 5) is 4.58. The van der Waals surface area contributed by atoms with E-state index in [0.29, 0.717) is 18.2 Å². The van der Waals surface area contributed by atoms with Gasteiger partial charge in [-0.25, -0.2) is 0 Å². The smallest absolute Gasteiger partial charge is 0.191 e. The number of nitrogens with zero attached hydrogens (tertiary/aromatic N) is 1. The normalized spacial score (nSPS) is 14.7. The van der Waals surface area contributed by atoms with E-state index >= 15 is 0 Å². The Kier molecular flexibility index (Phi) is 9.84. The van der Waals surface area contributed by atoms with Gasteiger partial charge in [0.05, 0.1) is 19.2 Å². The molecule has 0 bridgehead atoms. The fourth-order valence-electron chi connectivity index (χ4n) is 2.27. The minimum atomic E-state index is -0.891. The molecule has 0 aliphatic carbocycles. The molecule has 1 rings (SSSR count). The zero-order valence-corrected chi connectivity index (χ0v) is 18.8. The average molecular weight is 396 g/mol. The number of ether oxygens (including phenoxy) is 1. The van der Waals surface area contributed by atoms with Gasteiger partial charge in [0.2, 0.25) is 0 Å². The Morgan fingerprint density at radius 3 is 2.33 bits per heavy atom. The van der Waals surface area contributed by atoms with Crippen molar-refractivity contribution in [2.75, 3.05) is 25.4 Å². The molecule has 2 unspecified atom stereocenters. The third-order valence-corrected chi connectivity index (χ3v) is 5.81. The monoisotopic (exact) mass is 395 g/mol. The highest BCUT2D eigenvalue weighted by Gasteiger charge is 2.18. The summed E-state index contributed by atoms with van der Waals surface area (Å²) in [6.07, 6.45) is 0. The summed E-state index contributed by atoms with van der Waals surface area (Å²) in [5, 5.41) is 6.67. The van der Waals surface area contributed by atoms with E-state index in [-0.39, 0.29) is 10.8 Å². The lowest BCUT2D eigenvalue weighted by molar-refractivity contribution is 0.271. The Labute approximate surface area is 167 Å². The van der Waals surface area contributed by atoms with E-state index < -0.39 is 10.8 Å². The van der Waals surface area contributed by atoms with Crippen molar-refractivity contribution in [3.05, 3.63) is 29.8 Å². The van der Waals surface area contributed by atoms with E-state index in [2.05, 4.69) is 48.5 Å². The highest BCUT2D eigenvalue weighted by atomic mass is 32.2. The van der Waals surface area contributed by atoms with Gasteiger partial charge in [0.1, 0.15) is 5.75 Å². The summed E-state index contributed by atoms with van der Waals surface area (Å²) in [6.45, 7) is 16.4. The average Bonchev–Trinajstić information content (AvgIpc) is 2.59. The summed E-state index contributed by atoms with van der Waals surface area (Å²) in [6, 6.07) is 8.27. The lowest BCUT2D eigenvalue weighted by Crippen LogP contribution is -2.39. The molecule has 0 heterocycles. The van der Waals surface area contributed by atoms with Crippen LogP contribution in [0.5, 0.6) is 5.75 Å². The molecule has 0 radical (unpaired) electrons. The quantitative estimate of drug-likeness (QED) is 0.492. The van der Waals surface area contributed by atoms with Crippen molar-refractivity contribution < 1.29 is 8.95 Å². The molecular formula is C21H37N3O2S. The zero-order chi connectivity index (χ0) is 20.4. The highest BCUT2D eigenvalue weighted by molar-refractivity contribution is 7.86. The van der Waals surface area contributed by atoms with Gasteiger partial charge in [-0.2, -0.15) is 0 Å². The molecule has 2 N–H and O–H groups in total. The minimum absolute atomic E-state index is 0.107. The predicted molar refractivity (Wildman–Crippen MR) is 117 cm³/mol. The Morgan fingerprint density at radius 1 is 1.19 bits per heavy atom. The molecule has 5 nitrogen and oxygen atoms in total. The highest BCUT2D eigenvalue weighted by Crippen LogP contribution is 2.18. The van der Waals surface area contributed by atoms with Crippen LogP contribution in [0.4, 0.5) is 0 Å². The second kappa shape index (κ2) is 11.3. The van der Waals surface area contributed by atoms with Crippen molar-refractivity contribution >= 4 is 16.8 Å². The van der Waals surface area contributed by atoms with E-state index in [1.165, 1.54) is 0 Å². The van der Waals surface area contributed by atoms with Crippen molar-refractivity contribution in [2.24, 2.45) is 10.9 Å². The molecule has 0 saturated heterocycles. The summed E-state index contributed by atoms with van der Waals surface area (Å²) in [7, 11) is -0.891. The van der Waals surface area contributed by atoms with Crippen LogP contribution in [0, 0.1) is 5.92 Å². The standard InChI is InChI=1S/C21H37N3O2S/c1-8-22-20(23-13-14-27(25)21(5,6)7)24-17(4)18-9-11-19(12-10-18)26-15-16(2)3/h9-12,16-17H,8,13-15H2,1-7H3,(H2,22,23,24). The van der Waals surface area contributed by atoms with Crippen molar-refractivity contribution in [1.82, 2.24) is 10.6 Å². The number of benzene rings is 1. The maximum Gasteiger partial charge on any atom is 0.191 e. The number of hydrogen-bond acceptors (Lipinski definition) is 3. The van der Waals surface area contributed by atoms with Crippen LogP contribution in [0.25, 0.3) is 0 Å². The van der Waals surface area contributed by atoms with Gasteiger partial charge in [0.15, 0.2) is 5.96 Å². The lowest BCUT2D eigenvalue weighted by Gasteiger charge is -2.19. The van der Waals surface area contributed by atoms with Gasteiger partial charge >= 0.3 is 0 Å². The van der Waals surface area contributed by atoms with Crippen LogP contribution in [0.3, 0.4) is 0 Å². The molecule has 2 atom stereocenters. The molecule has 0 aromatic heterocycles. The number of hydrogen-bond donors (Lipinski definition) is 2. The Hall–Kier alpha value is -1.56. The largest absolute Gasteiger partial charge is 0.493 e. The molecule has 1 aromatic carbocycles. The van der Waals surface area contributed by atoms with E-state index in [1.807, 2.05) is 39.8 Å². The van der Waals surface area contributed by atoms with Gasteiger partial charge in [-0.1, -0.05) is 26.0 Å². The number of aliphatic imine (C=N–C) groups is 1. The molecule has 0 aliphatic heterocycles. The van der Waals surface area contributed by atoms with Gasteiger partial charge in [-0.15, -0.1) is 0 Å². The molecule has 6 heteroatoms. The Morgan fingerprint density at radius 2 is 1.81 bits per heavy atom. The molecule has 0 aliphatic rings. The molecule has 27 heavy (non-hydrogen) atoms. The van der Waals surface area contributed by atoms with E-state index in [4.69, 9.17) is 4.74 Å². The third kappa shape index (κ3) is 9.27. The van der Waals surface area contributed by atoms with E-state index in [1.54, 1.807) is 0 Å². The first-order valence-corrected chi connectivity index (χ1v) is 11.1. The fourth-order valence-corrected chi connectivity index (χ4v) is 3.14. The van der Waals surface area contributed by atoms with E-state index in [0.717, 1.165) is 30.4 Å². The summed E-state index contributed by atoms with van der Waals surface area (Å²) < 4.78 is 17.7. The zero-order valence-electron chi connectivity index (χ0n) is 18.0. The SMILES string of the molecule is CCNC(=NCCS(=O)C(C)(C)C)NC(C)c1ccc(OCC(C)C)cc1. The van der Waals surface area contributed by atoms with Crippen LogP contribution in [-0.2, 0) is 10.8 Å². The van der Waals surface area contributed by atoms with Crippen molar-refractivity contribution in [3.63, 3.8) is 0 Å². The van der Waals surface area contributed by atoms with Crippen LogP contribution in [0.15, 0.2) is 29.3 Å². The molecule has 154 valence electrons. The first-order valence-electron chi connectivity index (χ1n) is 9.79. The molecular weight excluding hydrogens is 358 g/mol. The van der Waals surface area contributed by atoms with Crippen LogP contribution in [-0.4, -0.2) is 40.4 Å². The molecule has 0 spiro atoms. The fraction of sp³-hybridized carbons (Fsp3) is 0.667. The first-order chi connectivity index (χ1) is 12.6. The second-order valence-electron chi connectivity index (χ2n) is 8.06. The summed E-state index contributed by atoms with van der Waals surface area (Å²) in [5.74, 6) is 2.72. The van der Waals surface area contributed by atoms with Crippen molar-refractivity contribution in [3.8, 4) is 5.75 Å².